The van der Waals surface area contributed by atoms with Gasteiger partial charge in [0.15, 0.2) is 0 Å². The van der Waals surface area contributed by atoms with Crippen LogP contribution < -0.4 is 4.74 Å². The molecule has 57 heavy (non-hydrogen) atoms. The third-order valence-corrected chi connectivity index (χ3v) is 8.05. The van der Waals surface area contributed by atoms with Crippen LogP contribution in [0.1, 0.15) is 89.7 Å². The number of nitrogens with zero attached hydrogens (tertiary/aromatic N) is 8. The van der Waals surface area contributed by atoms with Crippen molar-refractivity contribution < 1.29 is 38.1 Å². The standard InChI is InChI=1S/C15H10N2O2.C12H18N2O2.C8H12N2O2.C6H8N2O2/c16-10-19-15-7-3-13(4-8-15)9-12-1-5-14(6-2-12)17-11-18;1-11(2)4-10(16-8-13)5-12(3,6-11)7-14-9-15;9-7-12-6-4-2-1-3-5-10-8-11;7-5-10-4-2-1-3-8-6-9/h1-8H,9H2;10H,4-7H2,1-3H3;1-6H2;1-4H2. The number of rotatable bonds is 19. The fourth-order valence-electron chi connectivity index (χ4n) is 6.01. The second kappa shape index (κ2) is 32.5. The Labute approximate surface area is 333 Å². The van der Waals surface area contributed by atoms with Crippen LogP contribution in [-0.2, 0) is 39.8 Å². The summed E-state index contributed by atoms with van der Waals surface area (Å²) in [5, 5.41) is 32.9. The first-order chi connectivity index (χ1) is 27.5. The first kappa shape index (κ1) is 50.1. The van der Waals surface area contributed by atoms with Gasteiger partial charge < -0.3 is 18.9 Å². The lowest BCUT2D eigenvalue weighted by Gasteiger charge is -2.44. The summed E-state index contributed by atoms with van der Waals surface area (Å²) >= 11 is 0. The molecular weight excluding hydrogens is 732 g/mol. The van der Waals surface area contributed by atoms with Gasteiger partial charge in [-0.15, -0.1) is 5.26 Å². The second-order valence-corrected chi connectivity index (χ2v) is 13.6. The van der Waals surface area contributed by atoms with Gasteiger partial charge in [0.1, 0.15) is 25.1 Å². The molecule has 1 fully saturated rings. The van der Waals surface area contributed by atoms with E-state index in [1.165, 1.54) is 18.2 Å². The summed E-state index contributed by atoms with van der Waals surface area (Å²) in [5.41, 5.74) is 2.86. The summed E-state index contributed by atoms with van der Waals surface area (Å²) in [6.45, 7) is 8.79. The number of unbranched alkanes of at least 4 members (excludes halogenated alkanes) is 4. The van der Waals surface area contributed by atoms with Gasteiger partial charge in [-0.2, -0.15) is 20.8 Å². The van der Waals surface area contributed by atoms with Crippen molar-refractivity contribution >= 4 is 30.0 Å². The van der Waals surface area contributed by atoms with Crippen molar-refractivity contribution in [3.05, 3.63) is 59.7 Å². The van der Waals surface area contributed by atoms with Crippen LogP contribution in [0.15, 0.2) is 68.5 Å². The van der Waals surface area contributed by atoms with E-state index in [0.29, 0.717) is 44.3 Å². The van der Waals surface area contributed by atoms with Crippen molar-refractivity contribution in [1.82, 2.24) is 0 Å². The largest absolute Gasteiger partial charge is 0.428 e. The molecule has 0 aliphatic heterocycles. The van der Waals surface area contributed by atoms with Gasteiger partial charge in [0, 0.05) is 0 Å². The SMILES string of the molecule is CC1(C)CC(OC#N)CC(C)(CN=C=O)C1.N#COCCCCCCN=C=O.N#COCCCCN=C=O.N#COc1ccc(Cc2ccc(N=C=O)cc2)cc1. The first-order valence-corrected chi connectivity index (χ1v) is 18.0. The van der Waals surface area contributed by atoms with Crippen molar-refractivity contribution in [3.8, 4) is 30.8 Å². The lowest BCUT2D eigenvalue weighted by molar-refractivity contribution is -0.00681. The molecule has 0 spiro atoms. The average Bonchev–Trinajstić information content (AvgIpc) is 3.18. The molecule has 16 heteroatoms. The Hall–Kier alpha value is -6.88. The van der Waals surface area contributed by atoms with Crippen molar-refractivity contribution in [2.45, 2.75) is 91.1 Å². The summed E-state index contributed by atoms with van der Waals surface area (Å²) < 4.78 is 18.6. The molecule has 0 bridgehead atoms. The van der Waals surface area contributed by atoms with E-state index in [9.17, 15) is 19.2 Å². The van der Waals surface area contributed by atoms with Gasteiger partial charge in [-0.1, -0.05) is 51.5 Å². The Balaban J connectivity index is 0.000000757. The van der Waals surface area contributed by atoms with Crippen LogP contribution in [0.4, 0.5) is 5.69 Å². The quantitative estimate of drug-likeness (QED) is 0.0582. The van der Waals surface area contributed by atoms with Gasteiger partial charge in [0.2, 0.25) is 24.3 Å². The van der Waals surface area contributed by atoms with Crippen LogP contribution in [0.2, 0.25) is 0 Å². The summed E-state index contributed by atoms with van der Waals surface area (Å²) in [5.74, 6) is 0.530. The first-order valence-electron chi connectivity index (χ1n) is 18.0. The van der Waals surface area contributed by atoms with Gasteiger partial charge in [0.05, 0.1) is 25.3 Å². The molecule has 0 aromatic heterocycles. The number of hydrogen-bond donors (Lipinski definition) is 0. The van der Waals surface area contributed by atoms with E-state index >= 15 is 0 Å². The molecule has 2 aromatic rings. The molecular formula is C41H48N8O8. The number of benzene rings is 2. The van der Waals surface area contributed by atoms with E-state index in [2.05, 4.69) is 50.2 Å². The molecule has 2 unspecified atom stereocenters. The number of hydrogen-bond acceptors (Lipinski definition) is 16. The molecule has 2 aromatic carbocycles. The predicted octanol–water partition coefficient (Wildman–Crippen LogP) is 7.49. The van der Waals surface area contributed by atoms with Gasteiger partial charge >= 0.3 is 0 Å². The lowest BCUT2D eigenvalue weighted by atomic mass is 9.63. The summed E-state index contributed by atoms with van der Waals surface area (Å²) in [6.07, 6.45) is 21.2. The molecule has 1 aliphatic rings. The normalized spacial score (nSPS) is 15.2. The fraction of sp³-hybridized carbons (Fsp3) is 0.512. The third kappa shape index (κ3) is 27.4. The van der Waals surface area contributed by atoms with Crippen molar-refractivity contribution in [1.29, 1.82) is 21.0 Å². The summed E-state index contributed by atoms with van der Waals surface area (Å²) in [6, 6.07) is 14.7. The second-order valence-electron chi connectivity index (χ2n) is 13.6. The molecule has 3 rings (SSSR count). The van der Waals surface area contributed by atoms with Gasteiger partial charge in [-0.25, -0.2) is 34.2 Å². The molecule has 0 amide bonds. The highest BCUT2D eigenvalue weighted by Crippen LogP contribution is 2.47. The Bertz CT molecular complexity index is 1800. The van der Waals surface area contributed by atoms with E-state index in [0.717, 1.165) is 75.3 Å². The minimum absolute atomic E-state index is 0.0550. The molecule has 1 saturated carbocycles. The smallest absolute Gasteiger partial charge is 0.292 e. The van der Waals surface area contributed by atoms with Gasteiger partial charge in [0.25, 0.3) is 25.0 Å². The number of ether oxygens (including phenoxy) is 4. The van der Waals surface area contributed by atoms with Gasteiger partial charge in [-0.05, 0) is 104 Å². The van der Waals surface area contributed by atoms with Crippen LogP contribution in [0.3, 0.4) is 0 Å². The number of nitriles is 4. The van der Waals surface area contributed by atoms with Crippen molar-refractivity contribution in [2.24, 2.45) is 30.8 Å². The number of isocyanates is 4. The summed E-state index contributed by atoms with van der Waals surface area (Å²) in [7, 11) is 0. The maximum atomic E-state index is 10.2. The zero-order valence-corrected chi connectivity index (χ0v) is 32.6. The minimum atomic E-state index is -0.0688. The van der Waals surface area contributed by atoms with Crippen LogP contribution in [-0.4, -0.2) is 63.3 Å². The number of carbonyl (C=O) groups excluding carboxylic acids is 4. The average molecular weight is 781 g/mol. The topological polar surface area (TPSA) is 250 Å². The highest BCUT2D eigenvalue weighted by atomic mass is 16.5. The Morgan fingerprint density at radius 1 is 0.632 bits per heavy atom. The third-order valence-electron chi connectivity index (χ3n) is 8.05. The van der Waals surface area contributed by atoms with E-state index in [-0.39, 0.29) is 16.9 Å². The van der Waals surface area contributed by atoms with Crippen molar-refractivity contribution in [3.63, 3.8) is 0 Å². The van der Waals surface area contributed by atoms with Crippen LogP contribution >= 0.6 is 0 Å². The van der Waals surface area contributed by atoms with E-state index in [1.54, 1.807) is 55.4 Å². The van der Waals surface area contributed by atoms with Crippen LogP contribution in [0, 0.1) is 56.9 Å². The zero-order valence-electron chi connectivity index (χ0n) is 32.6. The number of aliphatic imine (C=N–C) groups is 4. The van der Waals surface area contributed by atoms with Crippen molar-refractivity contribution in [2.75, 3.05) is 32.8 Å². The van der Waals surface area contributed by atoms with E-state index < -0.39 is 0 Å². The maximum absolute atomic E-state index is 10.2. The zero-order chi connectivity index (χ0) is 42.5. The molecule has 300 valence electrons. The molecule has 0 N–H and O–H groups in total. The molecule has 16 nitrogen and oxygen atoms in total. The molecule has 0 radical (unpaired) electrons. The maximum Gasteiger partial charge on any atom is 0.292 e. The van der Waals surface area contributed by atoms with E-state index in [4.69, 9.17) is 30.5 Å². The van der Waals surface area contributed by atoms with Crippen LogP contribution in [0.5, 0.6) is 5.75 Å². The highest BCUT2D eigenvalue weighted by Gasteiger charge is 2.42. The fourth-order valence-corrected chi connectivity index (χ4v) is 6.01. The Morgan fingerprint density at radius 2 is 1.16 bits per heavy atom. The Morgan fingerprint density at radius 3 is 1.67 bits per heavy atom. The molecule has 2 atom stereocenters. The van der Waals surface area contributed by atoms with E-state index in [1.807, 2.05) is 24.3 Å². The van der Waals surface area contributed by atoms with Crippen LogP contribution in [0.25, 0.3) is 0 Å². The Kier molecular flexibility index (Phi) is 28.6. The predicted molar refractivity (Wildman–Crippen MR) is 206 cm³/mol. The molecule has 0 heterocycles. The summed E-state index contributed by atoms with van der Waals surface area (Å²) in [4.78, 5) is 53.4. The minimum Gasteiger partial charge on any atom is -0.428 e. The lowest BCUT2D eigenvalue weighted by Crippen LogP contribution is -2.40. The molecule has 0 saturated heterocycles. The van der Waals surface area contributed by atoms with Gasteiger partial charge in [-0.3, -0.25) is 0 Å². The highest BCUT2D eigenvalue weighted by molar-refractivity contribution is 5.49. The monoisotopic (exact) mass is 780 g/mol. The molecule has 1 aliphatic carbocycles.